The molecule has 1 aromatic rings. The minimum absolute atomic E-state index is 0.239. The third-order valence-corrected chi connectivity index (χ3v) is 4.34. The molecule has 2 rings (SSSR count). The summed E-state index contributed by atoms with van der Waals surface area (Å²) in [6, 6.07) is 3.95. The number of carbonyl (C=O) groups is 1. The number of ether oxygens (including phenoxy) is 1. The zero-order chi connectivity index (χ0) is 15.4. The summed E-state index contributed by atoms with van der Waals surface area (Å²) in [7, 11) is 0. The van der Waals surface area contributed by atoms with Crippen LogP contribution in [0.25, 0.3) is 0 Å². The Morgan fingerprint density at radius 2 is 1.81 bits per heavy atom. The fourth-order valence-electron chi connectivity index (χ4n) is 3.12. The first-order valence-corrected chi connectivity index (χ1v) is 8.00. The van der Waals surface area contributed by atoms with Crippen LogP contribution in [0.5, 0.6) is 5.75 Å². The molecule has 3 heteroatoms. The van der Waals surface area contributed by atoms with Gasteiger partial charge < -0.3 is 4.74 Å². The lowest BCUT2D eigenvalue weighted by molar-refractivity contribution is 0.0898. The molecule has 0 aliphatic carbocycles. The standard InChI is InChI=1S/C18H27NO2/c1-5-21-16-10-14(3)18(15(4)11-16)17(20)12-19-8-6-13(2)7-9-19/h10-11,13H,5-9,12H2,1-4H3. The Balaban J connectivity index is 2.08. The average Bonchev–Trinajstić information content (AvgIpc) is 2.41. The number of carbonyl (C=O) groups excluding carboxylic acids is 1. The normalized spacial score (nSPS) is 17.0. The zero-order valence-electron chi connectivity index (χ0n) is 13.7. The number of benzene rings is 1. The van der Waals surface area contributed by atoms with E-state index in [4.69, 9.17) is 4.74 Å². The molecule has 0 atom stereocenters. The summed E-state index contributed by atoms with van der Waals surface area (Å²) in [4.78, 5) is 14.9. The van der Waals surface area contributed by atoms with Crippen molar-refractivity contribution in [2.75, 3.05) is 26.2 Å². The molecule has 3 nitrogen and oxygen atoms in total. The second-order valence-electron chi connectivity index (χ2n) is 6.25. The van der Waals surface area contributed by atoms with Crippen LogP contribution in [-0.2, 0) is 0 Å². The molecule has 1 fully saturated rings. The van der Waals surface area contributed by atoms with Gasteiger partial charge >= 0.3 is 0 Å². The molecule has 0 spiro atoms. The molecule has 116 valence electrons. The molecule has 0 radical (unpaired) electrons. The minimum atomic E-state index is 0.239. The van der Waals surface area contributed by atoms with Crippen molar-refractivity contribution in [3.05, 3.63) is 28.8 Å². The molecular weight excluding hydrogens is 262 g/mol. The lowest BCUT2D eigenvalue weighted by Crippen LogP contribution is -2.37. The van der Waals surface area contributed by atoms with Crippen molar-refractivity contribution < 1.29 is 9.53 Å². The van der Waals surface area contributed by atoms with Gasteiger partial charge in [-0.3, -0.25) is 9.69 Å². The van der Waals surface area contributed by atoms with Crippen LogP contribution in [0.2, 0.25) is 0 Å². The summed E-state index contributed by atoms with van der Waals surface area (Å²) in [6.07, 6.45) is 2.41. The van der Waals surface area contributed by atoms with Gasteiger partial charge in [-0.1, -0.05) is 6.92 Å². The lowest BCUT2D eigenvalue weighted by Gasteiger charge is -2.29. The van der Waals surface area contributed by atoms with Crippen molar-refractivity contribution >= 4 is 5.78 Å². The van der Waals surface area contributed by atoms with E-state index in [1.54, 1.807) is 0 Å². The van der Waals surface area contributed by atoms with Gasteiger partial charge in [0, 0.05) is 5.56 Å². The maximum absolute atomic E-state index is 12.6. The predicted molar refractivity (Wildman–Crippen MR) is 86.3 cm³/mol. The van der Waals surface area contributed by atoms with Crippen molar-refractivity contribution in [2.24, 2.45) is 5.92 Å². The van der Waals surface area contributed by atoms with Gasteiger partial charge in [0.25, 0.3) is 0 Å². The second-order valence-corrected chi connectivity index (χ2v) is 6.25. The van der Waals surface area contributed by atoms with Gasteiger partial charge in [-0.15, -0.1) is 0 Å². The van der Waals surface area contributed by atoms with Crippen LogP contribution in [0, 0.1) is 19.8 Å². The highest BCUT2D eigenvalue weighted by Gasteiger charge is 2.20. The summed E-state index contributed by atoms with van der Waals surface area (Å²) in [5.41, 5.74) is 2.92. The van der Waals surface area contributed by atoms with Gasteiger partial charge in [0.05, 0.1) is 13.2 Å². The number of Topliss-reactive ketones (excluding diaryl/α,β-unsaturated/α-hetero) is 1. The van der Waals surface area contributed by atoms with E-state index in [2.05, 4.69) is 11.8 Å². The number of rotatable bonds is 5. The van der Waals surface area contributed by atoms with E-state index in [0.717, 1.165) is 41.4 Å². The number of aryl methyl sites for hydroxylation is 2. The summed E-state index contributed by atoms with van der Waals surface area (Å²) >= 11 is 0. The highest BCUT2D eigenvalue weighted by atomic mass is 16.5. The van der Waals surface area contributed by atoms with Crippen molar-refractivity contribution in [1.29, 1.82) is 0 Å². The number of hydrogen-bond donors (Lipinski definition) is 0. The van der Waals surface area contributed by atoms with E-state index in [1.807, 2.05) is 32.9 Å². The molecule has 1 aliphatic rings. The van der Waals surface area contributed by atoms with Crippen LogP contribution in [0.3, 0.4) is 0 Å². The first kappa shape index (κ1) is 16.0. The summed E-state index contributed by atoms with van der Waals surface area (Å²) in [5, 5.41) is 0. The number of nitrogens with zero attached hydrogens (tertiary/aromatic N) is 1. The molecular formula is C18H27NO2. The smallest absolute Gasteiger partial charge is 0.177 e. The summed E-state index contributed by atoms with van der Waals surface area (Å²) < 4.78 is 5.54. The van der Waals surface area contributed by atoms with Crippen LogP contribution in [0.15, 0.2) is 12.1 Å². The highest BCUT2D eigenvalue weighted by Crippen LogP contribution is 2.23. The van der Waals surface area contributed by atoms with Crippen LogP contribution in [-0.4, -0.2) is 36.9 Å². The zero-order valence-corrected chi connectivity index (χ0v) is 13.7. The minimum Gasteiger partial charge on any atom is -0.494 e. The number of piperidine rings is 1. The Kier molecular flexibility index (Phi) is 5.40. The third kappa shape index (κ3) is 4.07. The SMILES string of the molecule is CCOc1cc(C)c(C(=O)CN2CCC(C)CC2)c(C)c1. The van der Waals surface area contributed by atoms with Crippen molar-refractivity contribution in [3.8, 4) is 5.75 Å². The topological polar surface area (TPSA) is 29.5 Å². The van der Waals surface area contributed by atoms with E-state index in [0.29, 0.717) is 13.2 Å². The molecule has 0 N–H and O–H groups in total. The Bertz CT molecular complexity index is 479. The molecule has 0 amide bonds. The van der Waals surface area contributed by atoms with E-state index >= 15 is 0 Å². The third-order valence-electron chi connectivity index (χ3n) is 4.34. The maximum atomic E-state index is 12.6. The fourth-order valence-corrected chi connectivity index (χ4v) is 3.12. The Hall–Kier alpha value is -1.35. The van der Waals surface area contributed by atoms with Gasteiger partial charge in [0.2, 0.25) is 0 Å². The molecule has 1 heterocycles. The fraction of sp³-hybridized carbons (Fsp3) is 0.611. The Labute approximate surface area is 128 Å². The number of likely N-dealkylation sites (tertiary alicyclic amines) is 1. The summed E-state index contributed by atoms with van der Waals surface area (Å²) in [6.45, 7) is 11.5. The van der Waals surface area contributed by atoms with Crippen molar-refractivity contribution in [3.63, 3.8) is 0 Å². The van der Waals surface area contributed by atoms with Crippen molar-refractivity contribution in [1.82, 2.24) is 4.90 Å². The quantitative estimate of drug-likeness (QED) is 0.775. The van der Waals surface area contributed by atoms with Gasteiger partial charge in [-0.05, 0) is 75.9 Å². The molecule has 1 aliphatic heterocycles. The molecule has 0 aromatic heterocycles. The van der Waals surface area contributed by atoms with Crippen molar-refractivity contribution in [2.45, 2.75) is 40.5 Å². The molecule has 21 heavy (non-hydrogen) atoms. The van der Waals surface area contributed by atoms with Crippen LogP contribution < -0.4 is 4.74 Å². The van der Waals surface area contributed by atoms with Gasteiger partial charge in [-0.25, -0.2) is 0 Å². The molecule has 0 saturated carbocycles. The Morgan fingerprint density at radius 3 is 2.33 bits per heavy atom. The number of ketones is 1. The molecule has 0 unspecified atom stereocenters. The average molecular weight is 289 g/mol. The molecule has 0 bridgehead atoms. The number of hydrogen-bond acceptors (Lipinski definition) is 3. The van der Waals surface area contributed by atoms with E-state index in [1.165, 1.54) is 12.8 Å². The van der Waals surface area contributed by atoms with Crippen LogP contribution >= 0.6 is 0 Å². The maximum Gasteiger partial charge on any atom is 0.177 e. The first-order chi connectivity index (χ1) is 10.0. The second kappa shape index (κ2) is 7.08. The molecule has 1 saturated heterocycles. The Morgan fingerprint density at radius 1 is 1.24 bits per heavy atom. The largest absolute Gasteiger partial charge is 0.494 e. The van der Waals surface area contributed by atoms with Gasteiger partial charge in [0.15, 0.2) is 5.78 Å². The molecule has 1 aromatic carbocycles. The van der Waals surface area contributed by atoms with E-state index < -0.39 is 0 Å². The first-order valence-electron chi connectivity index (χ1n) is 8.00. The monoisotopic (exact) mass is 289 g/mol. The lowest BCUT2D eigenvalue weighted by atomic mass is 9.96. The van der Waals surface area contributed by atoms with Gasteiger partial charge in [0.1, 0.15) is 5.75 Å². The van der Waals surface area contributed by atoms with E-state index in [-0.39, 0.29) is 5.78 Å². The highest BCUT2D eigenvalue weighted by molar-refractivity contribution is 6.00. The van der Waals surface area contributed by atoms with Crippen LogP contribution in [0.1, 0.15) is 48.2 Å². The summed E-state index contributed by atoms with van der Waals surface area (Å²) in [5.74, 6) is 1.89. The predicted octanol–water partition coefficient (Wildman–Crippen LogP) is 3.62. The van der Waals surface area contributed by atoms with Gasteiger partial charge in [-0.2, -0.15) is 0 Å². The van der Waals surface area contributed by atoms with Crippen LogP contribution in [0.4, 0.5) is 0 Å². The van der Waals surface area contributed by atoms with E-state index in [9.17, 15) is 4.79 Å².